The minimum absolute atomic E-state index is 0.780. The number of hydrogen-bond donors (Lipinski definition) is 1. The summed E-state index contributed by atoms with van der Waals surface area (Å²) in [6.45, 7) is 10.5. The van der Waals surface area contributed by atoms with Crippen molar-refractivity contribution in [1.82, 2.24) is 5.32 Å². The summed E-state index contributed by atoms with van der Waals surface area (Å²) in [5, 5.41) is 3.77. The quantitative estimate of drug-likeness (QED) is 0.713. The Morgan fingerprint density at radius 3 is 2.31 bits per heavy atom. The predicted molar refractivity (Wildman–Crippen MR) is 72.7 cm³/mol. The fourth-order valence-electron chi connectivity index (χ4n) is 3.56. The first-order chi connectivity index (χ1) is 7.72. The molecule has 1 rings (SSSR count). The van der Waals surface area contributed by atoms with Crippen LogP contribution in [0.25, 0.3) is 0 Å². The molecule has 1 saturated carbocycles. The van der Waals surface area contributed by atoms with Crippen LogP contribution < -0.4 is 5.32 Å². The number of nitrogens with one attached hydrogen (secondary N) is 1. The molecule has 1 aliphatic carbocycles. The fraction of sp³-hybridized carbons (Fsp3) is 1.00. The number of rotatable bonds is 6. The SMILES string of the molecule is CCNC(C(CC)CC)C1CCCC(C)C1. The molecule has 16 heavy (non-hydrogen) atoms. The third-order valence-electron chi connectivity index (χ3n) is 4.48. The van der Waals surface area contributed by atoms with E-state index in [0.29, 0.717) is 0 Å². The zero-order valence-electron chi connectivity index (χ0n) is 11.8. The monoisotopic (exact) mass is 225 g/mol. The Labute approximate surface area is 102 Å². The second-order valence-corrected chi connectivity index (χ2v) is 5.69. The van der Waals surface area contributed by atoms with Crippen molar-refractivity contribution in [2.45, 2.75) is 72.3 Å². The van der Waals surface area contributed by atoms with Crippen molar-refractivity contribution < 1.29 is 0 Å². The van der Waals surface area contributed by atoms with E-state index in [-0.39, 0.29) is 0 Å². The predicted octanol–water partition coefficient (Wildman–Crippen LogP) is 4.23. The molecule has 0 aromatic heterocycles. The van der Waals surface area contributed by atoms with Crippen LogP contribution in [0, 0.1) is 17.8 Å². The Hall–Kier alpha value is -0.0400. The summed E-state index contributed by atoms with van der Waals surface area (Å²) < 4.78 is 0. The maximum atomic E-state index is 3.77. The molecule has 0 spiro atoms. The van der Waals surface area contributed by atoms with Gasteiger partial charge in [0, 0.05) is 6.04 Å². The van der Waals surface area contributed by atoms with E-state index in [4.69, 9.17) is 0 Å². The van der Waals surface area contributed by atoms with Gasteiger partial charge < -0.3 is 5.32 Å². The summed E-state index contributed by atoms with van der Waals surface area (Å²) in [5.74, 6) is 2.78. The first-order valence-electron chi connectivity index (χ1n) is 7.46. The van der Waals surface area contributed by atoms with Crippen molar-refractivity contribution in [1.29, 1.82) is 0 Å². The van der Waals surface area contributed by atoms with Crippen molar-refractivity contribution in [3.8, 4) is 0 Å². The molecule has 96 valence electrons. The molecule has 1 N–H and O–H groups in total. The van der Waals surface area contributed by atoms with E-state index in [0.717, 1.165) is 30.3 Å². The topological polar surface area (TPSA) is 12.0 Å². The van der Waals surface area contributed by atoms with Gasteiger partial charge in [-0.3, -0.25) is 0 Å². The van der Waals surface area contributed by atoms with Gasteiger partial charge in [-0.25, -0.2) is 0 Å². The van der Waals surface area contributed by atoms with Gasteiger partial charge in [-0.05, 0) is 37.1 Å². The fourth-order valence-corrected chi connectivity index (χ4v) is 3.56. The molecule has 0 saturated heterocycles. The smallest absolute Gasteiger partial charge is 0.0123 e. The zero-order chi connectivity index (χ0) is 12.0. The maximum absolute atomic E-state index is 3.77. The molecular formula is C15H31N. The molecule has 0 aliphatic heterocycles. The lowest BCUT2D eigenvalue weighted by Gasteiger charge is -2.38. The largest absolute Gasteiger partial charge is 0.314 e. The molecule has 1 heteroatoms. The summed E-state index contributed by atoms with van der Waals surface area (Å²) in [6, 6.07) is 0.780. The van der Waals surface area contributed by atoms with Gasteiger partial charge in [0.25, 0.3) is 0 Å². The van der Waals surface area contributed by atoms with E-state index in [2.05, 4.69) is 33.0 Å². The first kappa shape index (κ1) is 14.0. The van der Waals surface area contributed by atoms with Crippen molar-refractivity contribution in [2.75, 3.05) is 6.54 Å². The minimum atomic E-state index is 0.780. The van der Waals surface area contributed by atoms with Crippen LogP contribution >= 0.6 is 0 Å². The molecule has 1 aliphatic rings. The highest BCUT2D eigenvalue weighted by Crippen LogP contribution is 2.34. The van der Waals surface area contributed by atoms with E-state index in [9.17, 15) is 0 Å². The Bertz CT molecular complexity index is 174. The molecule has 1 fully saturated rings. The van der Waals surface area contributed by atoms with Crippen molar-refractivity contribution in [3.63, 3.8) is 0 Å². The van der Waals surface area contributed by atoms with E-state index >= 15 is 0 Å². The van der Waals surface area contributed by atoms with E-state index in [1.807, 2.05) is 0 Å². The lowest BCUT2D eigenvalue weighted by atomic mass is 9.74. The third-order valence-corrected chi connectivity index (χ3v) is 4.48. The zero-order valence-corrected chi connectivity index (χ0v) is 11.8. The second kappa shape index (κ2) is 7.32. The summed E-state index contributed by atoms with van der Waals surface area (Å²) in [5.41, 5.74) is 0. The Morgan fingerprint density at radius 1 is 1.12 bits per heavy atom. The standard InChI is InChI=1S/C15H31N/c1-5-13(6-2)15(16-7-3)14-10-8-9-12(4)11-14/h12-16H,5-11H2,1-4H3. The van der Waals surface area contributed by atoms with Crippen LogP contribution in [0.1, 0.15) is 66.2 Å². The van der Waals surface area contributed by atoms with Gasteiger partial charge in [0.1, 0.15) is 0 Å². The van der Waals surface area contributed by atoms with Crippen LogP contribution in [-0.4, -0.2) is 12.6 Å². The lowest BCUT2D eigenvalue weighted by molar-refractivity contribution is 0.172. The van der Waals surface area contributed by atoms with Gasteiger partial charge in [-0.2, -0.15) is 0 Å². The van der Waals surface area contributed by atoms with Gasteiger partial charge in [0.05, 0.1) is 0 Å². The van der Waals surface area contributed by atoms with Gasteiger partial charge in [-0.15, -0.1) is 0 Å². The molecule has 0 aromatic rings. The van der Waals surface area contributed by atoms with Gasteiger partial charge >= 0.3 is 0 Å². The van der Waals surface area contributed by atoms with Crippen LogP contribution in [0.3, 0.4) is 0 Å². The summed E-state index contributed by atoms with van der Waals surface area (Å²) in [7, 11) is 0. The third kappa shape index (κ3) is 3.76. The lowest BCUT2D eigenvalue weighted by Crippen LogP contribution is -2.43. The normalized spacial score (nSPS) is 28.3. The molecule has 3 atom stereocenters. The average molecular weight is 225 g/mol. The Balaban J connectivity index is 2.59. The second-order valence-electron chi connectivity index (χ2n) is 5.69. The molecule has 3 unspecified atom stereocenters. The highest BCUT2D eigenvalue weighted by Gasteiger charge is 2.30. The number of hydrogen-bond acceptors (Lipinski definition) is 1. The average Bonchev–Trinajstić information content (AvgIpc) is 2.29. The van der Waals surface area contributed by atoms with Crippen LogP contribution in [0.15, 0.2) is 0 Å². The summed E-state index contributed by atoms with van der Waals surface area (Å²) >= 11 is 0. The molecule has 0 heterocycles. The molecule has 1 nitrogen and oxygen atoms in total. The molecule has 0 aromatic carbocycles. The highest BCUT2D eigenvalue weighted by atomic mass is 14.9. The van der Waals surface area contributed by atoms with Gasteiger partial charge in [-0.1, -0.05) is 53.4 Å². The van der Waals surface area contributed by atoms with Crippen molar-refractivity contribution in [2.24, 2.45) is 17.8 Å². The van der Waals surface area contributed by atoms with E-state index in [1.54, 1.807) is 0 Å². The maximum Gasteiger partial charge on any atom is 0.0123 e. The van der Waals surface area contributed by atoms with Crippen LogP contribution in [0.2, 0.25) is 0 Å². The molecular weight excluding hydrogens is 194 g/mol. The van der Waals surface area contributed by atoms with Crippen LogP contribution in [0.4, 0.5) is 0 Å². The van der Waals surface area contributed by atoms with Crippen LogP contribution in [0.5, 0.6) is 0 Å². The van der Waals surface area contributed by atoms with E-state index < -0.39 is 0 Å². The molecule has 0 bridgehead atoms. The van der Waals surface area contributed by atoms with Gasteiger partial charge in [0.2, 0.25) is 0 Å². The Morgan fingerprint density at radius 2 is 1.81 bits per heavy atom. The first-order valence-corrected chi connectivity index (χ1v) is 7.46. The molecule has 0 radical (unpaired) electrons. The highest BCUT2D eigenvalue weighted by molar-refractivity contribution is 4.85. The van der Waals surface area contributed by atoms with E-state index in [1.165, 1.54) is 38.5 Å². The van der Waals surface area contributed by atoms with Gasteiger partial charge in [0.15, 0.2) is 0 Å². The van der Waals surface area contributed by atoms with Crippen molar-refractivity contribution in [3.05, 3.63) is 0 Å². The minimum Gasteiger partial charge on any atom is -0.314 e. The van der Waals surface area contributed by atoms with Crippen molar-refractivity contribution >= 4 is 0 Å². The molecule has 0 amide bonds. The Kier molecular flexibility index (Phi) is 6.41. The van der Waals surface area contributed by atoms with Crippen LogP contribution in [-0.2, 0) is 0 Å². The summed E-state index contributed by atoms with van der Waals surface area (Å²) in [4.78, 5) is 0. The summed E-state index contributed by atoms with van der Waals surface area (Å²) in [6.07, 6.45) is 8.48.